The van der Waals surface area contributed by atoms with E-state index in [2.05, 4.69) is 24.0 Å². The highest BCUT2D eigenvalue weighted by Crippen LogP contribution is 2.27. The molecular weight excluding hydrogens is 362 g/mol. The van der Waals surface area contributed by atoms with Gasteiger partial charge in [-0.1, -0.05) is 41.5 Å². The fraction of sp³-hybridized carbons (Fsp3) is 0.120. The van der Waals surface area contributed by atoms with Crippen molar-refractivity contribution in [3.63, 3.8) is 0 Å². The van der Waals surface area contributed by atoms with Gasteiger partial charge in [0.25, 0.3) is 0 Å². The summed E-state index contributed by atoms with van der Waals surface area (Å²) < 4.78 is 5.84. The van der Waals surface area contributed by atoms with E-state index in [1.165, 1.54) is 5.56 Å². The van der Waals surface area contributed by atoms with Crippen LogP contribution in [-0.2, 0) is 6.61 Å². The van der Waals surface area contributed by atoms with Crippen LogP contribution in [0.15, 0.2) is 72.8 Å². The molecule has 0 bridgehead atoms. The molecule has 0 aliphatic carbocycles. The second-order valence-electron chi connectivity index (χ2n) is 7.16. The molecule has 0 unspecified atom stereocenters. The quantitative estimate of drug-likeness (QED) is 0.511. The Morgan fingerprint density at radius 2 is 1.59 bits per heavy atom. The van der Waals surface area contributed by atoms with Crippen molar-refractivity contribution in [3.05, 3.63) is 95.1 Å². The lowest BCUT2D eigenvalue weighted by atomic mass is 10.0. The molecule has 4 aromatic rings. The van der Waals surface area contributed by atoms with E-state index in [9.17, 15) is 9.90 Å². The molecule has 144 valence electrons. The topological polar surface area (TPSA) is 62.2 Å². The van der Waals surface area contributed by atoms with E-state index in [0.29, 0.717) is 23.2 Å². The minimum Gasteiger partial charge on any atom is -0.545 e. The first kappa shape index (κ1) is 18.7. The molecule has 0 aliphatic heterocycles. The molecule has 29 heavy (non-hydrogen) atoms. The number of fused-ring (bicyclic) bond motifs is 1. The second kappa shape index (κ2) is 7.76. The summed E-state index contributed by atoms with van der Waals surface area (Å²) in [5, 5.41) is 12.2. The van der Waals surface area contributed by atoms with Crippen LogP contribution in [0, 0.1) is 13.8 Å². The van der Waals surface area contributed by atoms with Gasteiger partial charge in [0.05, 0.1) is 17.2 Å². The molecule has 4 heteroatoms. The molecule has 0 radical (unpaired) electrons. The Kier molecular flexibility index (Phi) is 5.00. The van der Waals surface area contributed by atoms with Gasteiger partial charge in [0.1, 0.15) is 12.4 Å². The number of benzene rings is 3. The monoisotopic (exact) mass is 382 g/mol. The molecule has 0 saturated heterocycles. The number of aromatic nitrogens is 1. The molecule has 1 heterocycles. The van der Waals surface area contributed by atoms with Crippen LogP contribution in [0.4, 0.5) is 0 Å². The second-order valence-corrected chi connectivity index (χ2v) is 7.16. The molecule has 4 rings (SSSR count). The van der Waals surface area contributed by atoms with E-state index in [4.69, 9.17) is 4.74 Å². The molecule has 3 aromatic carbocycles. The third kappa shape index (κ3) is 4.11. The van der Waals surface area contributed by atoms with Crippen LogP contribution in [0.5, 0.6) is 5.75 Å². The maximum absolute atomic E-state index is 11.6. The van der Waals surface area contributed by atoms with Crippen molar-refractivity contribution in [1.29, 1.82) is 0 Å². The predicted molar refractivity (Wildman–Crippen MR) is 112 cm³/mol. The zero-order chi connectivity index (χ0) is 20.4. The first-order chi connectivity index (χ1) is 14.0. The van der Waals surface area contributed by atoms with Gasteiger partial charge < -0.3 is 14.6 Å². The SMILES string of the molecule is Cc1ccc(COc2ccc(-c3cc(C(=O)[O-])c4cc(C)ccc4n3)cc2)cc1. The summed E-state index contributed by atoms with van der Waals surface area (Å²) in [4.78, 5) is 16.3. The Balaban J connectivity index is 1.60. The van der Waals surface area contributed by atoms with Gasteiger partial charge in [0.15, 0.2) is 0 Å². The van der Waals surface area contributed by atoms with Gasteiger partial charge in [0, 0.05) is 16.5 Å². The number of carboxylic acid groups (broad SMARTS) is 1. The molecule has 1 aromatic heterocycles. The summed E-state index contributed by atoms with van der Waals surface area (Å²) in [5.41, 5.74) is 5.48. The number of ether oxygens (including phenoxy) is 1. The van der Waals surface area contributed by atoms with Gasteiger partial charge in [-0.3, -0.25) is 0 Å². The third-order valence-corrected chi connectivity index (χ3v) is 4.86. The van der Waals surface area contributed by atoms with Crippen molar-refractivity contribution in [1.82, 2.24) is 4.98 Å². The number of nitrogens with zero attached hydrogens (tertiary/aromatic N) is 1. The summed E-state index contributed by atoms with van der Waals surface area (Å²) in [7, 11) is 0. The number of carbonyl (C=O) groups excluding carboxylic acids is 1. The number of carboxylic acids is 1. The maximum Gasteiger partial charge on any atom is 0.119 e. The van der Waals surface area contributed by atoms with Gasteiger partial charge in [-0.15, -0.1) is 0 Å². The fourth-order valence-corrected chi connectivity index (χ4v) is 3.23. The summed E-state index contributed by atoms with van der Waals surface area (Å²) in [5.74, 6) is -0.465. The predicted octanol–water partition coefficient (Wildman–Crippen LogP) is 4.46. The van der Waals surface area contributed by atoms with Gasteiger partial charge in [-0.25, -0.2) is 4.98 Å². The summed E-state index contributed by atoms with van der Waals surface area (Å²) in [6.07, 6.45) is 0. The van der Waals surface area contributed by atoms with Crippen LogP contribution in [-0.4, -0.2) is 11.0 Å². The standard InChI is InChI=1S/C25H21NO3/c1-16-3-6-18(7-4-16)15-29-20-10-8-19(9-11-20)24-14-22(25(27)28)21-13-17(2)5-12-23(21)26-24/h3-14H,15H2,1-2H3,(H,27,28)/p-1. The van der Waals surface area contributed by atoms with Crippen molar-refractivity contribution in [2.45, 2.75) is 20.5 Å². The lowest BCUT2D eigenvalue weighted by Gasteiger charge is -2.12. The van der Waals surface area contributed by atoms with Gasteiger partial charge in [-0.05, 0) is 61.9 Å². The lowest BCUT2D eigenvalue weighted by molar-refractivity contribution is -0.254. The fourth-order valence-electron chi connectivity index (χ4n) is 3.23. The van der Waals surface area contributed by atoms with Gasteiger partial charge in [0.2, 0.25) is 0 Å². The van der Waals surface area contributed by atoms with Crippen LogP contribution in [0.2, 0.25) is 0 Å². The van der Waals surface area contributed by atoms with Crippen molar-refractivity contribution in [3.8, 4) is 17.0 Å². The highest BCUT2D eigenvalue weighted by Gasteiger charge is 2.09. The van der Waals surface area contributed by atoms with Crippen LogP contribution in [0.25, 0.3) is 22.2 Å². The Bertz CT molecular complexity index is 1180. The molecule has 0 fully saturated rings. The van der Waals surface area contributed by atoms with E-state index in [1.807, 2.05) is 61.5 Å². The molecule has 0 atom stereocenters. The van der Waals surface area contributed by atoms with E-state index < -0.39 is 5.97 Å². The van der Waals surface area contributed by atoms with Gasteiger partial charge >= 0.3 is 0 Å². The highest BCUT2D eigenvalue weighted by atomic mass is 16.5. The Morgan fingerprint density at radius 1 is 0.897 bits per heavy atom. The average Bonchev–Trinajstić information content (AvgIpc) is 2.73. The zero-order valence-corrected chi connectivity index (χ0v) is 16.3. The summed E-state index contributed by atoms with van der Waals surface area (Å²) in [6, 6.07) is 22.8. The number of rotatable bonds is 5. The third-order valence-electron chi connectivity index (χ3n) is 4.86. The largest absolute Gasteiger partial charge is 0.545 e. The van der Waals surface area contributed by atoms with E-state index >= 15 is 0 Å². The lowest BCUT2D eigenvalue weighted by Crippen LogP contribution is -2.22. The van der Waals surface area contributed by atoms with Crippen LogP contribution in [0.1, 0.15) is 27.0 Å². The van der Waals surface area contributed by atoms with Crippen molar-refractivity contribution >= 4 is 16.9 Å². The van der Waals surface area contributed by atoms with Crippen LogP contribution < -0.4 is 9.84 Å². The number of hydrogen-bond acceptors (Lipinski definition) is 4. The Labute approximate surface area is 169 Å². The molecule has 0 saturated carbocycles. The number of hydrogen-bond donors (Lipinski definition) is 0. The van der Waals surface area contributed by atoms with Crippen molar-refractivity contribution in [2.24, 2.45) is 0 Å². The van der Waals surface area contributed by atoms with Crippen molar-refractivity contribution in [2.75, 3.05) is 0 Å². The number of carbonyl (C=O) groups is 1. The van der Waals surface area contributed by atoms with Crippen molar-refractivity contribution < 1.29 is 14.6 Å². The summed E-state index contributed by atoms with van der Waals surface area (Å²) in [6.45, 7) is 4.46. The smallest absolute Gasteiger partial charge is 0.119 e. The summed E-state index contributed by atoms with van der Waals surface area (Å²) >= 11 is 0. The molecular formula is C25H20NO3-. The van der Waals surface area contributed by atoms with E-state index in [-0.39, 0.29) is 5.56 Å². The molecule has 4 nitrogen and oxygen atoms in total. The van der Waals surface area contributed by atoms with Gasteiger partial charge in [-0.2, -0.15) is 0 Å². The van der Waals surface area contributed by atoms with Crippen LogP contribution >= 0.6 is 0 Å². The molecule has 0 amide bonds. The molecule has 0 aliphatic rings. The Hall–Kier alpha value is -3.66. The molecule has 0 spiro atoms. The van der Waals surface area contributed by atoms with Crippen LogP contribution in [0.3, 0.4) is 0 Å². The number of aryl methyl sites for hydroxylation is 2. The zero-order valence-electron chi connectivity index (χ0n) is 16.3. The minimum absolute atomic E-state index is 0.147. The first-order valence-electron chi connectivity index (χ1n) is 9.41. The number of pyridine rings is 1. The minimum atomic E-state index is -1.21. The number of aromatic carboxylic acids is 1. The van der Waals surface area contributed by atoms with E-state index in [0.717, 1.165) is 22.4 Å². The molecule has 0 N–H and O–H groups in total. The average molecular weight is 382 g/mol. The maximum atomic E-state index is 11.6. The normalized spacial score (nSPS) is 10.8. The first-order valence-corrected chi connectivity index (χ1v) is 9.41. The Morgan fingerprint density at radius 3 is 2.28 bits per heavy atom. The highest BCUT2D eigenvalue weighted by molar-refractivity contribution is 6.03. The van der Waals surface area contributed by atoms with E-state index in [1.54, 1.807) is 6.07 Å².